The second kappa shape index (κ2) is 4.60. The molecule has 64 valence electrons. The first-order valence-electron chi connectivity index (χ1n) is 4.21. The van der Waals surface area contributed by atoms with Gasteiger partial charge >= 0.3 is 0 Å². The highest BCUT2D eigenvalue weighted by atomic mass is 14.8. The van der Waals surface area contributed by atoms with Gasteiger partial charge in [0.05, 0.1) is 0 Å². The Morgan fingerprint density at radius 3 is 2.50 bits per heavy atom. The lowest BCUT2D eigenvalue weighted by atomic mass is 10.1. The van der Waals surface area contributed by atoms with E-state index in [0.717, 1.165) is 6.42 Å². The van der Waals surface area contributed by atoms with E-state index in [4.69, 9.17) is 0 Å². The molecule has 0 heterocycles. The Hall–Kier alpha value is -1.24. The summed E-state index contributed by atoms with van der Waals surface area (Å²) in [5, 5.41) is 2.97. The van der Waals surface area contributed by atoms with Crippen molar-refractivity contribution in [3.8, 4) is 0 Å². The Bertz CT molecular complexity index is 246. The monoisotopic (exact) mass is 161 g/mol. The van der Waals surface area contributed by atoms with E-state index < -0.39 is 0 Å². The molecule has 1 rings (SSSR count). The molecule has 0 fully saturated rings. The Kier molecular flexibility index (Phi) is 3.39. The highest BCUT2D eigenvalue weighted by molar-refractivity contribution is 5.22. The van der Waals surface area contributed by atoms with Gasteiger partial charge < -0.3 is 5.32 Å². The minimum absolute atomic E-state index is 1.00. The number of hydrogen-bond donors (Lipinski definition) is 1. The molecule has 0 saturated carbocycles. The molecule has 1 N–H and O–H groups in total. The van der Waals surface area contributed by atoms with Crippen LogP contribution in [0.15, 0.2) is 36.5 Å². The fraction of sp³-hybridized carbons (Fsp3) is 0.273. The van der Waals surface area contributed by atoms with Gasteiger partial charge in [-0.05, 0) is 25.1 Å². The van der Waals surface area contributed by atoms with Crippen molar-refractivity contribution in [1.82, 2.24) is 5.32 Å². The van der Waals surface area contributed by atoms with Crippen LogP contribution >= 0.6 is 0 Å². The van der Waals surface area contributed by atoms with Gasteiger partial charge in [-0.3, -0.25) is 0 Å². The maximum Gasteiger partial charge on any atom is 0.00276 e. The van der Waals surface area contributed by atoms with Crippen molar-refractivity contribution in [2.75, 3.05) is 7.05 Å². The third-order valence-corrected chi connectivity index (χ3v) is 1.76. The number of allylic oxidation sites excluding steroid dienone is 1. The first-order valence-corrected chi connectivity index (χ1v) is 4.21. The zero-order valence-electron chi connectivity index (χ0n) is 7.67. The van der Waals surface area contributed by atoms with Crippen molar-refractivity contribution in [1.29, 1.82) is 0 Å². The molecule has 0 radical (unpaired) electrons. The van der Waals surface area contributed by atoms with Crippen molar-refractivity contribution in [3.05, 3.63) is 47.7 Å². The highest BCUT2D eigenvalue weighted by Gasteiger charge is 1.87. The molecule has 0 aliphatic heterocycles. The SMILES string of the molecule is CN/C=C\Cc1ccc(C)cc1. The van der Waals surface area contributed by atoms with Gasteiger partial charge in [-0.15, -0.1) is 0 Å². The van der Waals surface area contributed by atoms with Crippen molar-refractivity contribution in [3.63, 3.8) is 0 Å². The maximum atomic E-state index is 2.97. The van der Waals surface area contributed by atoms with Gasteiger partial charge in [-0.2, -0.15) is 0 Å². The third-order valence-electron chi connectivity index (χ3n) is 1.76. The lowest BCUT2D eigenvalue weighted by Crippen LogP contribution is -1.91. The summed E-state index contributed by atoms with van der Waals surface area (Å²) in [5.74, 6) is 0. The molecule has 0 unspecified atom stereocenters. The minimum atomic E-state index is 1.00. The fourth-order valence-electron chi connectivity index (χ4n) is 1.04. The van der Waals surface area contributed by atoms with E-state index in [9.17, 15) is 0 Å². The van der Waals surface area contributed by atoms with E-state index in [1.165, 1.54) is 11.1 Å². The molecule has 0 spiro atoms. The van der Waals surface area contributed by atoms with Crippen LogP contribution in [0.25, 0.3) is 0 Å². The zero-order chi connectivity index (χ0) is 8.81. The van der Waals surface area contributed by atoms with Crippen molar-refractivity contribution >= 4 is 0 Å². The normalized spacial score (nSPS) is 10.5. The smallest absolute Gasteiger partial charge is 0.00276 e. The average molecular weight is 161 g/mol. The summed E-state index contributed by atoms with van der Waals surface area (Å²) in [6.45, 7) is 2.10. The topological polar surface area (TPSA) is 12.0 Å². The second-order valence-corrected chi connectivity index (χ2v) is 2.88. The van der Waals surface area contributed by atoms with Gasteiger partial charge in [-0.25, -0.2) is 0 Å². The summed E-state index contributed by atoms with van der Waals surface area (Å²) in [6.07, 6.45) is 5.08. The molecule has 0 aliphatic carbocycles. The summed E-state index contributed by atoms with van der Waals surface area (Å²) in [4.78, 5) is 0. The fourth-order valence-corrected chi connectivity index (χ4v) is 1.04. The van der Waals surface area contributed by atoms with E-state index >= 15 is 0 Å². The molecule has 0 saturated heterocycles. The van der Waals surface area contributed by atoms with Gasteiger partial charge in [0.2, 0.25) is 0 Å². The zero-order valence-corrected chi connectivity index (χ0v) is 7.67. The first-order chi connectivity index (χ1) is 5.83. The van der Waals surface area contributed by atoms with E-state index in [-0.39, 0.29) is 0 Å². The van der Waals surface area contributed by atoms with Crippen molar-refractivity contribution in [2.24, 2.45) is 0 Å². The number of benzene rings is 1. The van der Waals surface area contributed by atoms with E-state index in [2.05, 4.69) is 42.6 Å². The maximum absolute atomic E-state index is 2.97. The van der Waals surface area contributed by atoms with E-state index in [1.54, 1.807) is 0 Å². The molecule has 0 atom stereocenters. The number of nitrogens with one attached hydrogen (secondary N) is 1. The molecule has 1 aromatic carbocycles. The molecule has 1 aromatic rings. The van der Waals surface area contributed by atoms with Crippen LogP contribution in [0.2, 0.25) is 0 Å². The first kappa shape index (κ1) is 8.85. The minimum Gasteiger partial charge on any atom is -0.394 e. The number of hydrogen-bond acceptors (Lipinski definition) is 1. The molecule has 0 amide bonds. The van der Waals surface area contributed by atoms with Gasteiger partial charge in [0, 0.05) is 7.05 Å². The Balaban J connectivity index is 2.53. The van der Waals surface area contributed by atoms with Crippen LogP contribution in [0.3, 0.4) is 0 Å². The van der Waals surface area contributed by atoms with E-state index in [0.29, 0.717) is 0 Å². The molecule has 1 heteroatoms. The molecule has 1 nitrogen and oxygen atoms in total. The van der Waals surface area contributed by atoms with Crippen molar-refractivity contribution < 1.29 is 0 Å². The summed E-state index contributed by atoms with van der Waals surface area (Å²) < 4.78 is 0. The number of aryl methyl sites for hydroxylation is 1. The quantitative estimate of drug-likeness (QED) is 0.717. The Morgan fingerprint density at radius 2 is 1.92 bits per heavy atom. The lowest BCUT2D eigenvalue weighted by Gasteiger charge is -1.96. The van der Waals surface area contributed by atoms with Crippen LogP contribution in [0.5, 0.6) is 0 Å². The van der Waals surface area contributed by atoms with Crippen LogP contribution in [-0.4, -0.2) is 7.05 Å². The van der Waals surface area contributed by atoms with E-state index in [1.807, 2.05) is 13.2 Å². The molecular weight excluding hydrogens is 146 g/mol. The average Bonchev–Trinajstić information content (AvgIpc) is 2.09. The summed E-state index contributed by atoms with van der Waals surface area (Å²) in [6, 6.07) is 8.61. The molecule has 0 bridgehead atoms. The van der Waals surface area contributed by atoms with Crippen LogP contribution in [0.4, 0.5) is 0 Å². The van der Waals surface area contributed by atoms with Crippen LogP contribution < -0.4 is 5.32 Å². The molecule has 0 aromatic heterocycles. The predicted molar refractivity (Wildman–Crippen MR) is 53.1 cm³/mol. The van der Waals surface area contributed by atoms with Gasteiger partial charge in [0.1, 0.15) is 0 Å². The van der Waals surface area contributed by atoms with Crippen molar-refractivity contribution in [2.45, 2.75) is 13.3 Å². The summed E-state index contributed by atoms with van der Waals surface area (Å²) in [7, 11) is 1.91. The number of rotatable bonds is 3. The summed E-state index contributed by atoms with van der Waals surface area (Å²) >= 11 is 0. The molecule has 12 heavy (non-hydrogen) atoms. The standard InChI is InChI=1S/C11H15N/c1-10-5-7-11(8-6-10)4-3-9-12-2/h3,5-9,12H,4H2,1-2H3/b9-3-. The second-order valence-electron chi connectivity index (χ2n) is 2.88. The molecular formula is C11H15N. The Morgan fingerprint density at radius 1 is 1.25 bits per heavy atom. The third kappa shape index (κ3) is 2.79. The van der Waals surface area contributed by atoms with Crippen LogP contribution in [0.1, 0.15) is 11.1 Å². The van der Waals surface area contributed by atoms with Gasteiger partial charge in [-0.1, -0.05) is 35.9 Å². The lowest BCUT2D eigenvalue weighted by molar-refractivity contribution is 1.08. The van der Waals surface area contributed by atoms with Crippen LogP contribution in [-0.2, 0) is 6.42 Å². The van der Waals surface area contributed by atoms with Crippen LogP contribution in [0, 0.1) is 6.92 Å². The largest absolute Gasteiger partial charge is 0.394 e. The highest BCUT2D eigenvalue weighted by Crippen LogP contribution is 2.03. The summed E-state index contributed by atoms with van der Waals surface area (Å²) in [5.41, 5.74) is 2.67. The van der Waals surface area contributed by atoms with Gasteiger partial charge in [0.25, 0.3) is 0 Å². The Labute approximate surface area is 74.1 Å². The molecule has 0 aliphatic rings. The predicted octanol–water partition coefficient (Wildman–Crippen LogP) is 2.27. The van der Waals surface area contributed by atoms with Gasteiger partial charge in [0.15, 0.2) is 0 Å².